The third-order valence-electron chi connectivity index (χ3n) is 4.28. The quantitative estimate of drug-likeness (QED) is 0.425. The molecule has 0 radical (unpaired) electrons. The predicted molar refractivity (Wildman–Crippen MR) is 118 cm³/mol. The van der Waals surface area contributed by atoms with E-state index in [9.17, 15) is 4.79 Å². The maximum Gasteiger partial charge on any atom is 0.234 e. The zero-order chi connectivity index (χ0) is 20.8. The second kappa shape index (κ2) is 9.28. The highest BCUT2D eigenvalue weighted by Gasteiger charge is 2.10. The SMILES string of the molecule is Cc1ccc(Oc2ccc(NC(=O)CSc3nncn3-c3ccccc3)cc2)cc1. The Balaban J connectivity index is 1.31. The van der Waals surface area contributed by atoms with Gasteiger partial charge in [-0.1, -0.05) is 47.7 Å². The second-order valence-corrected chi connectivity index (χ2v) is 7.54. The molecule has 0 spiro atoms. The minimum absolute atomic E-state index is 0.116. The van der Waals surface area contributed by atoms with Crippen molar-refractivity contribution in [3.05, 3.63) is 90.8 Å². The summed E-state index contributed by atoms with van der Waals surface area (Å²) in [5.41, 5.74) is 2.84. The molecule has 4 rings (SSSR count). The van der Waals surface area contributed by atoms with Gasteiger partial charge >= 0.3 is 0 Å². The van der Waals surface area contributed by atoms with Crippen molar-refractivity contribution in [3.63, 3.8) is 0 Å². The Kier molecular flexibility index (Phi) is 6.10. The molecule has 6 nitrogen and oxygen atoms in total. The molecule has 0 unspecified atom stereocenters. The third kappa shape index (κ3) is 5.07. The Morgan fingerprint density at radius 2 is 1.63 bits per heavy atom. The summed E-state index contributed by atoms with van der Waals surface area (Å²) in [6.45, 7) is 2.03. The van der Waals surface area contributed by atoms with Crippen LogP contribution < -0.4 is 10.1 Å². The molecule has 30 heavy (non-hydrogen) atoms. The fourth-order valence-electron chi connectivity index (χ4n) is 2.76. The summed E-state index contributed by atoms with van der Waals surface area (Å²) in [6, 6.07) is 24.9. The molecule has 0 saturated heterocycles. The molecule has 7 heteroatoms. The van der Waals surface area contributed by atoms with Crippen LogP contribution in [0.15, 0.2) is 90.3 Å². The van der Waals surface area contributed by atoms with Crippen molar-refractivity contribution in [2.45, 2.75) is 12.1 Å². The minimum atomic E-state index is -0.116. The van der Waals surface area contributed by atoms with Crippen molar-refractivity contribution < 1.29 is 9.53 Å². The average Bonchev–Trinajstić information content (AvgIpc) is 3.25. The van der Waals surface area contributed by atoms with Gasteiger partial charge < -0.3 is 10.1 Å². The summed E-state index contributed by atoms with van der Waals surface area (Å²) < 4.78 is 7.67. The van der Waals surface area contributed by atoms with Gasteiger partial charge in [-0.05, 0) is 55.5 Å². The first-order chi connectivity index (χ1) is 14.7. The fourth-order valence-corrected chi connectivity index (χ4v) is 3.49. The van der Waals surface area contributed by atoms with Crippen molar-refractivity contribution in [2.24, 2.45) is 0 Å². The lowest BCUT2D eigenvalue weighted by molar-refractivity contribution is -0.113. The van der Waals surface area contributed by atoms with Gasteiger partial charge in [0.1, 0.15) is 17.8 Å². The number of rotatable bonds is 7. The molecule has 0 aliphatic carbocycles. The molecule has 0 fully saturated rings. The van der Waals surface area contributed by atoms with Crippen molar-refractivity contribution >= 4 is 23.4 Å². The lowest BCUT2D eigenvalue weighted by atomic mass is 10.2. The molecule has 150 valence electrons. The fraction of sp³-hybridized carbons (Fsp3) is 0.0870. The molecule has 0 atom stereocenters. The number of ether oxygens (including phenoxy) is 1. The molecule has 0 saturated carbocycles. The molecule has 1 amide bonds. The van der Waals surface area contributed by atoms with Gasteiger partial charge in [0, 0.05) is 11.4 Å². The zero-order valence-electron chi connectivity index (χ0n) is 16.4. The van der Waals surface area contributed by atoms with Gasteiger partial charge in [-0.15, -0.1) is 10.2 Å². The van der Waals surface area contributed by atoms with Gasteiger partial charge in [-0.2, -0.15) is 0 Å². The highest BCUT2D eigenvalue weighted by molar-refractivity contribution is 7.99. The molecule has 1 N–H and O–H groups in total. The molecule has 1 aromatic heterocycles. The van der Waals surface area contributed by atoms with Crippen LogP contribution in [0.2, 0.25) is 0 Å². The van der Waals surface area contributed by atoms with E-state index < -0.39 is 0 Å². The number of amides is 1. The van der Waals surface area contributed by atoms with Crippen LogP contribution in [0.4, 0.5) is 5.69 Å². The standard InChI is InChI=1S/C23H20N4O2S/c1-17-7-11-20(12-8-17)29-21-13-9-18(10-14-21)25-22(28)15-30-23-26-24-16-27(23)19-5-3-2-4-6-19/h2-14,16H,15H2,1H3,(H,25,28). The van der Waals surface area contributed by atoms with E-state index in [4.69, 9.17) is 4.74 Å². The van der Waals surface area contributed by atoms with Crippen molar-refractivity contribution in [2.75, 3.05) is 11.1 Å². The summed E-state index contributed by atoms with van der Waals surface area (Å²) >= 11 is 1.33. The van der Waals surface area contributed by atoms with Crippen LogP contribution in [-0.4, -0.2) is 26.4 Å². The van der Waals surface area contributed by atoms with E-state index in [1.54, 1.807) is 6.33 Å². The van der Waals surface area contributed by atoms with Crippen LogP contribution in [0.5, 0.6) is 11.5 Å². The molecule has 4 aromatic rings. The van der Waals surface area contributed by atoms with E-state index in [1.807, 2.05) is 90.4 Å². The summed E-state index contributed by atoms with van der Waals surface area (Å²) in [5, 5.41) is 11.6. The Morgan fingerprint density at radius 1 is 0.967 bits per heavy atom. The number of carbonyl (C=O) groups excluding carboxylic acids is 1. The first kappa shape index (κ1) is 19.7. The van der Waals surface area contributed by atoms with Gasteiger partial charge in [0.05, 0.1) is 5.75 Å². The molecular weight excluding hydrogens is 396 g/mol. The van der Waals surface area contributed by atoms with E-state index in [-0.39, 0.29) is 11.7 Å². The smallest absolute Gasteiger partial charge is 0.234 e. The van der Waals surface area contributed by atoms with E-state index in [2.05, 4.69) is 15.5 Å². The monoisotopic (exact) mass is 416 g/mol. The average molecular weight is 417 g/mol. The maximum absolute atomic E-state index is 12.3. The van der Waals surface area contributed by atoms with Crippen LogP contribution in [0.3, 0.4) is 0 Å². The van der Waals surface area contributed by atoms with E-state index in [0.29, 0.717) is 16.6 Å². The van der Waals surface area contributed by atoms with E-state index in [1.165, 1.54) is 17.3 Å². The lowest BCUT2D eigenvalue weighted by Gasteiger charge is -2.09. The largest absolute Gasteiger partial charge is 0.457 e. The van der Waals surface area contributed by atoms with Crippen LogP contribution in [0.25, 0.3) is 5.69 Å². The number of nitrogens with one attached hydrogen (secondary N) is 1. The maximum atomic E-state index is 12.3. The molecule has 3 aromatic carbocycles. The van der Waals surface area contributed by atoms with Crippen molar-refractivity contribution in [1.29, 1.82) is 0 Å². The number of aromatic nitrogens is 3. The Labute approximate surface area is 178 Å². The Bertz CT molecular complexity index is 1110. The molecular formula is C23H20N4O2S. The number of thioether (sulfide) groups is 1. The Hall–Kier alpha value is -3.58. The highest BCUT2D eigenvalue weighted by Crippen LogP contribution is 2.24. The number of carbonyl (C=O) groups is 1. The van der Waals surface area contributed by atoms with Crippen LogP contribution in [0, 0.1) is 6.92 Å². The normalized spacial score (nSPS) is 10.6. The van der Waals surface area contributed by atoms with Gasteiger partial charge in [-0.3, -0.25) is 9.36 Å². The number of aryl methyl sites for hydroxylation is 1. The van der Waals surface area contributed by atoms with Gasteiger partial charge in [-0.25, -0.2) is 0 Å². The number of benzene rings is 3. The Morgan fingerprint density at radius 3 is 2.33 bits per heavy atom. The molecule has 0 aliphatic rings. The van der Waals surface area contributed by atoms with Crippen molar-refractivity contribution in [1.82, 2.24) is 14.8 Å². The first-order valence-corrected chi connectivity index (χ1v) is 10.4. The van der Waals surface area contributed by atoms with Gasteiger partial charge in [0.25, 0.3) is 0 Å². The summed E-state index contributed by atoms with van der Waals surface area (Å²) in [4.78, 5) is 12.3. The second-order valence-electron chi connectivity index (χ2n) is 6.60. The number of hydrogen-bond acceptors (Lipinski definition) is 5. The van der Waals surface area contributed by atoms with E-state index in [0.717, 1.165) is 11.4 Å². The number of hydrogen-bond donors (Lipinski definition) is 1. The number of nitrogens with zero attached hydrogens (tertiary/aromatic N) is 3. The molecule has 0 aliphatic heterocycles. The van der Waals surface area contributed by atoms with Crippen LogP contribution in [0.1, 0.15) is 5.56 Å². The summed E-state index contributed by atoms with van der Waals surface area (Å²) in [6.07, 6.45) is 1.64. The topological polar surface area (TPSA) is 69.0 Å². The zero-order valence-corrected chi connectivity index (χ0v) is 17.2. The van der Waals surface area contributed by atoms with E-state index >= 15 is 0 Å². The number of para-hydroxylation sites is 1. The molecule has 0 bridgehead atoms. The summed E-state index contributed by atoms with van der Waals surface area (Å²) in [7, 11) is 0. The predicted octanol–water partition coefficient (Wildman–Crippen LogP) is 5.10. The van der Waals surface area contributed by atoms with Crippen molar-refractivity contribution in [3.8, 4) is 17.2 Å². The van der Waals surface area contributed by atoms with Crippen LogP contribution >= 0.6 is 11.8 Å². The van der Waals surface area contributed by atoms with Gasteiger partial charge in [0.15, 0.2) is 5.16 Å². The van der Waals surface area contributed by atoms with Gasteiger partial charge in [0.2, 0.25) is 5.91 Å². The number of anilines is 1. The molecule has 1 heterocycles. The highest BCUT2D eigenvalue weighted by atomic mass is 32.2. The minimum Gasteiger partial charge on any atom is -0.457 e. The third-order valence-corrected chi connectivity index (χ3v) is 5.22. The first-order valence-electron chi connectivity index (χ1n) is 9.40. The lowest BCUT2D eigenvalue weighted by Crippen LogP contribution is -2.14. The van der Waals surface area contributed by atoms with Crippen LogP contribution in [-0.2, 0) is 4.79 Å². The summed E-state index contributed by atoms with van der Waals surface area (Å²) in [5.74, 6) is 1.60.